The molecule has 0 spiro atoms. The lowest BCUT2D eigenvalue weighted by Crippen LogP contribution is -2.39. The van der Waals surface area contributed by atoms with Crippen LogP contribution < -0.4 is 5.32 Å². The fraction of sp³-hybridized carbons (Fsp3) is 0.381. The molecule has 0 aliphatic carbocycles. The molecule has 1 saturated heterocycles. The standard InChI is InChI=1S/C21H25N3O2/c1-15-7-6-12-24(14-15)21(26)18-10-11-22-19(13-18)20(25)23-16(2)17-8-4-3-5-9-17/h3-5,8-11,13,15-16H,6-7,12,14H2,1-2H3,(H,23,25). The second-order valence-corrected chi connectivity index (χ2v) is 7.03. The Kier molecular flexibility index (Phi) is 5.66. The molecule has 136 valence electrons. The Morgan fingerprint density at radius 3 is 2.73 bits per heavy atom. The first-order valence-corrected chi connectivity index (χ1v) is 9.15. The van der Waals surface area contributed by atoms with Crippen molar-refractivity contribution in [2.24, 2.45) is 5.92 Å². The van der Waals surface area contributed by atoms with Gasteiger partial charge in [0.05, 0.1) is 6.04 Å². The molecule has 0 bridgehead atoms. The Labute approximate surface area is 154 Å². The number of pyridine rings is 1. The van der Waals surface area contributed by atoms with Crippen molar-refractivity contribution in [1.29, 1.82) is 0 Å². The van der Waals surface area contributed by atoms with Crippen molar-refractivity contribution in [2.45, 2.75) is 32.7 Å². The van der Waals surface area contributed by atoms with Gasteiger partial charge in [0.2, 0.25) is 0 Å². The quantitative estimate of drug-likeness (QED) is 0.918. The highest BCUT2D eigenvalue weighted by molar-refractivity contribution is 5.98. The number of hydrogen-bond donors (Lipinski definition) is 1. The zero-order valence-electron chi connectivity index (χ0n) is 15.3. The molecule has 2 heterocycles. The summed E-state index contributed by atoms with van der Waals surface area (Å²) in [6.45, 7) is 5.64. The maximum absolute atomic E-state index is 12.7. The number of hydrogen-bond acceptors (Lipinski definition) is 3. The maximum Gasteiger partial charge on any atom is 0.270 e. The number of likely N-dealkylation sites (tertiary alicyclic amines) is 1. The molecule has 5 nitrogen and oxygen atoms in total. The highest BCUT2D eigenvalue weighted by Crippen LogP contribution is 2.18. The Balaban J connectivity index is 1.70. The summed E-state index contributed by atoms with van der Waals surface area (Å²) in [6, 6.07) is 12.9. The molecule has 1 aliphatic rings. The smallest absolute Gasteiger partial charge is 0.270 e. The number of amides is 2. The molecule has 26 heavy (non-hydrogen) atoms. The Morgan fingerprint density at radius 2 is 2.00 bits per heavy atom. The van der Waals surface area contributed by atoms with Crippen LogP contribution in [-0.4, -0.2) is 34.8 Å². The van der Waals surface area contributed by atoms with E-state index in [4.69, 9.17) is 0 Å². The first kappa shape index (κ1) is 18.1. The third-order valence-electron chi connectivity index (χ3n) is 4.83. The number of nitrogens with one attached hydrogen (secondary N) is 1. The van der Waals surface area contributed by atoms with Gasteiger partial charge in [0.25, 0.3) is 11.8 Å². The zero-order valence-corrected chi connectivity index (χ0v) is 15.3. The first-order chi connectivity index (χ1) is 12.5. The van der Waals surface area contributed by atoms with Gasteiger partial charge in [-0.2, -0.15) is 0 Å². The lowest BCUT2D eigenvalue weighted by Gasteiger charge is -2.31. The van der Waals surface area contributed by atoms with E-state index in [0.717, 1.165) is 31.5 Å². The first-order valence-electron chi connectivity index (χ1n) is 9.15. The summed E-state index contributed by atoms with van der Waals surface area (Å²) in [5.41, 5.74) is 1.81. The molecule has 1 N–H and O–H groups in total. The topological polar surface area (TPSA) is 62.3 Å². The van der Waals surface area contributed by atoms with Gasteiger partial charge in [-0.05, 0) is 43.4 Å². The summed E-state index contributed by atoms with van der Waals surface area (Å²) in [5, 5.41) is 2.94. The molecule has 2 amide bonds. The van der Waals surface area contributed by atoms with E-state index in [0.29, 0.717) is 11.5 Å². The van der Waals surface area contributed by atoms with E-state index in [1.165, 1.54) is 6.20 Å². The van der Waals surface area contributed by atoms with Crippen molar-refractivity contribution in [3.05, 3.63) is 65.5 Å². The number of aromatic nitrogens is 1. The van der Waals surface area contributed by atoms with Gasteiger partial charge in [0.1, 0.15) is 5.69 Å². The zero-order chi connectivity index (χ0) is 18.5. The van der Waals surface area contributed by atoms with E-state index in [1.807, 2.05) is 42.2 Å². The van der Waals surface area contributed by atoms with Gasteiger partial charge in [0, 0.05) is 24.8 Å². The second-order valence-electron chi connectivity index (χ2n) is 7.03. The van der Waals surface area contributed by atoms with Crippen LogP contribution in [0, 0.1) is 5.92 Å². The lowest BCUT2D eigenvalue weighted by molar-refractivity contribution is 0.0683. The van der Waals surface area contributed by atoms with Crippen LogP contribution in [0.3, 0.4) is 0 Å². The van der Waals surface area contributed by atoms with Gasteiger partial charge in [-0.25, -0.2) is 0 Å². The molecule has 3 rings (SSSR count). The van der Waals surface area contributed by atoms with Crippen molar-refractivity contribution in [1.82, 2.24) is 15.2 Å². The molecular formula is C21H25N3O2. The molecule has 1 aliphatic heterocycles. The van der Waals surface area contributed by atoms with E-state index in [2.05, 4.69) is 17.2 Å². The number of benzene rings is 1. The SMILES string of the molecule is CC1CCCN(C(=O)c2ccnc(C(=O)NC(C)c3ccccc3)c2)C1. The third-order valence-corrected chi connectivity index (χ3v) is 4.83. The molecule has 2 aromatic rings. The van der Waals surface area contributed by atoms with Crippen molar-refractivity contribution < 1.29 is 9.59 Å². The summed E-state index contributed by atoms with van der Waals surface area (Å²) < 4.78 is 0. The number of piperidine rings is 1. The van der Waals surface area contributed by atoms with E-state index in [-0.39, 0.29) is 23.6 Å². The summed E-state index contributed by atoms with van der Waals surface area (Å²) in [7, 11) is 0. The van der Waals surface area contributed by atoms with Crippen molar-refractivity contribution in [2.75, 3.05) is 13.1 Å². The van der Waals surface area contributed by atoms with E-state index in [1.54, 1.807) is 12.1 Å². The van der Waals surface area contributed by atoms with E-state index in [9.17, 15) is 9.59 Å². The molecular weight excluding hydrogens is 326 g/mol. The van der Waals surface area contributed by atoms with Crippen LogP contribution in [-0.2, 0) is 0 Å². The highest BCUT2D eigenvalue weighted by atomic mass is 16.2. The minimum atomic E-state index is -0.275. The molecule has 5 heteroatoms. The van der Waals surface area contributed by atoms with Gasteiger partial charge in [0.15, 0.2) is 0 Å². The van der Waals surface area contributed by atoms with Crippen LogP contribution in [0.4, 0.5) is 0 Å². The lowest BCUT2D eigenvalue weighted by atomic mass is 9.99. The van der Waals surface area contributed by atoms with Crippen LogP contribution in [0.5, 0.6) is 0 Å². The van der Waals surface area contributed by atoms with Crippen LogP contribution in [0.25, 0.3) is 0 Å². The summed E-state index contributed by atoms with van der Waals surface area (Å²) >= 11 is 0. The fourth-order valence-corrected chi connectivity index (χ4v) is 3.34. The summed E-state index contributed by atoms with van der Waals surface area (Å²) in [5.74, 6) is 0.219. The van der Waals surface area contributed by atoms with Gasteiger partial charge in [-0.3, -0.25) is 14.6 Å². The molecule has 0 saturated carbocycles. The minimum absolute atomic E-state index is 0.0240. The predicted molar refractivity (Wildman–Crippen MR) is 101 cm³/mol. The fourth-order valence-electron chi connectivity index (χ4n) is 3.34. The normalized spacial score (nSPS) is 18.2. The van der Waals surface area contributed by atoms with E-state index < -0.39 is 0 Å². The molecule has 0 radical (unpaired) electrons. The van der Waals surface area contributed by atoms with Crippen molar-refractivity contribution in [3.8, 4) is 0 Å². The number of carbonyl (C=O) groups excluding carboxylic acids is 2. The monoisotopic (exact) mass is 351 g/mol. The number of rotatable bonds is 4. The van der Waals surface area contributed by atoms with Gasteiger partial charge in [-0.15, -0.1) is 0 Å². The van der Waals surface area contributed by atoms with Crippen molar-refractivity contribution in [3.63, 3.8) is 0 Å². The highest BCUT2D eigenvalue weighted by Gasteiger charge is 2.23. The van der Waals surface area contributed by atoms with Crippen LogP contribution in [0.1, 0.15) is 59.1 Å². The average Bonchev–Trinajstić information content (AvgIpc) is 2.68. The van der Waals surface area contributed by atoms with Gasteiger partial charge in [-0.1, -0.05) is 37.3 Å². The Bertz CT molecular complexity index is 776. The van der Waals surface area contributed by atoms with E-state index >= 15 is 0 Å². The number of nitrogens with zero attached hydrogens (tertiary/aromatic N) is 2. The predicted octanol–water partition coefficient (Wildman–Crippen LogP) is 3.44. The van der Waals surface area contributed by atoms with Gasteiger partial charge < -0.3 is 10.2 Å². The Hall–Kier alpha value is -2.69. The van der Waals surface area contributed by atoms with Crippen LogP contribution >= 0.6 is 0 Å². The summed E-state index contributed by atoms with van der Waals surface area (Å²) in [4.78, 5) is 31.3. The maximum atomic E-state index is 12.7. The average molecular weight is 351 g/mol. The molecule has 1 aromatic heterocycles. The third kappa shape index (κ3) is 4.28. The van der Waals surface area contributed by atoms with Crippen LogP contribution in [0.2, 0.25) is 0 Å². The second kappa shape index (κ2) is 8.13. The molecule has 1 aromatic carbocycles. The minimum Gasteiger partial charge on any atom is -0.344 e. The largest absolute Gasteiger partial charge is 0.344 e. The van der Waals surface area contributed by atoms with Crippen molar-refractivity contribution >= 4 is 11.8 Å². The number of carbonyl (C=O) groups is 2. The molecule has 1 fully saturated rings. The Morgan fingerprint density at radius 1 is 1.23 bits per heavy atom. The summed E-state index contributed by atoms with van der Waals surface area (Å²) in [6.07, 6.45) is 3.72. The molecule has 2 unspecified atom stereocenters. The molecule has 2 atom stereocenters. The van der Waals surface area contributed by atoms with Gasteiger partial charge >= 0.3 is 0 Å². The van der Waals surface area contributed by atoms with Crippen LogP contribution in [0.15, 0.2) is 48.7 Å².